The molecular weight excluding hydrogens is 260 g/mol. The molecule has 0 aliphatic rings. The van der Waals surface area contributed by atoms with E-state index in [0.717, 1.165) is 11.3 Å². The summed E-state index contributed by atoms with van der Waals surface area (Å²) < 4.78 is 6.27. The van der Waals surface area contributed by atoms with E-state index in [1.165, 1.54) is 22.9 Å². The third-order valence-corrected chi connectivity index (χ3v) is 2.96. The van der Waals surface area contributed by atoms with Gasteiger partial charge >= 0.3 is 0 Å². The van der Waals surface area contributed by atoms with Crippen molar-refractivity contribution < 1.29 is 9.32 Å². The van der Waals surface area contributed by atoms with Crippen LogP contribution in [0, 0.1) is 13.8 Å². The summed E-state index contributed by atoms with van der Waals surface area (Å²) >= 11 is 0. The van der Waals surface area contributed by atoms with Crippen molar-refractivity contribution in [1.82, 2.24) is 15.0 Å². The van der Waals surface area contributed by atoms with E-state index in [0.29, 0.717) is 18.0 Å². The average Bonchev–Trinajstić information content (AvgIpc) is 2.71. The zero-order valence-electron chi connectivity index (χ0n) is 11.3. The largest absolute Gasteiger partial charge is 0.398 e. The first-order valence-corrected chi connectivity index (χ1v) is 6.12. The van der Waals surface area contributed by atoms with Crippen LogP contribution in [0.1, 0.15) is 17.0 Å². The zero-order valence-corrected chi connectivity index (χ0v) is 11.3. The fraction of sp³-hybridized carbons (Fsp3) is 0.308. The van der Waals surface area contributed by atoms with Gasteiger partial charge in [-0.3, -0.25) is 9.59 Å². The van der Waals surface area contributed by atoms with Crippen LogP contribution in [-0.4, -0.2) is 15.6 Å². The van der Waals surface area contributed by atoms with Crippen LogP contribution in [0.15, 0.2) is 27.6 Å². The first kappa shape index (κ1) is 13.9. The van der Waals surface area contributed by atoms with Gasteiger partial charge in [0, 0.05) is 30.1 Å². The van der Waals surface area contributed by atoms with Gasteiger partial charge in [0.25, 0.3) is 5.56 Å². The predicted molar refractivity (Wildman–Crippen MR) is 72.9 cm³/mol. The highest BCUT2D eigenvalue weighted by Gasteiger charge is 2.11. The maximum atomic E-state index is 11.8. The third kappa shape index (κ3) is 3.05. The van der Waals surface area contributed by atoms with Gasteiger partial charge < -0.3 is 20.1 Å². The van der Waals surface area contributed by atoms with Crippen LogP contribution in [0.3, 0.4) is 0 Å². The van der Waals surface area contributed by atoms with E-state index in [-0.39, 0.29) is 18.0 Å². The second-order valence-corrected chi connectivity index (χ2v) is 4.51. The van der Waals surface area contributed by atoms with Gasteiger partial charge in [0.1, 0.15) is 12.3 Å². The van der Waals surface area contributed by atoms with Crippen LogP contribution in [0.4, 0.5) is 5.69 Å². The molecule has 0 aliphatic carbocycles. The summed E-state index contributed by atoms with van der Waals surface area (Å²) in [5, 5.41) is 6.53. The Morgan fingerprint density at radius 2 is 2.20 bits per heavy atom. The molecule has 0 fully saturated rings. The van der Waals surface area contributed by atoms with Gasteiger partial charge in [0.2, 0.25) is 5.91 Å². The van der Waals surface area contributed by atoms with Crippen LogP contribution >= 0.6 is 0 Å². The molecule has 7 heteroatoms. The SMILES string of the molecule is Cc1noc(C)c1CNC(=O)Cn1cc(N)ccc1=O. The molecule has 0 aliphatic heterocycles. The number of nitrogens with zero attached hydrogens (tertiary/aromatic N) is 2. The van der Waals surface area contributed by atoms with Crippen LogP contribution in [0.5, 0.6) is 0 Å². The molecule has 0 spiro atoms. The molecule has 0 saturated heterocycles. The Hall–Kier alpha value is -2.57. The van der Waals surface area contributed by atoms with Crippen molar-refractivity contribution >= 4 is 11.6 Å². The number of nitrogen functional groups attached to an aromatic ring is 1. The summed E-state index contributed by atoms with van der Waals surface area (Å²) in [7, 11) is 0. The zero-order chi connectivity index (χ0) is 14.7. The molecule has 3 N–H and O–H groups in total. The highest BCUT2D eigenvalue weighted by molar-refractivity contribution is 5.75. The molecule has 106 valence electrons. The van der Waals surface area contributed by atoms with Crippen molar-refractivity contribution in [3.8, 4) is 0 Å². The Labute approximate surface area is 115 Å². The molecule has 1 amide bonds. The summed E-state index contributed by atoms with van der Waals surface area (Å²) in [5.41, 5.74) is 7.33. The summed E-state index contributed by atoms with van der Waals surface area (Å²) in [6.07, 6.45) is 1.44. The van der Waals surface area contributed by atoms with Crippen molar-refractivity contribution in [3.05, 3.63) is 45.7 Å². The summed E-state index contributed by atoms with van der Waals surface area (Å²) in [5.74, 6) is 0.390. The number of pyridine rings is 1. The molecule has 0 aromatic carbocycles. The van der Waals surface area contributed by atoms with Gasteiger partial charge in [0.05, 0.1) is 5.69 Å². The lowest BCUT2D eigenvalue weighted by Gasteiger charge is -2.07. The number of nitrogens with one attached hydrogen (secondary N) is 1. The minimum atomic E-state index is -0.280. The monoisotopic (exact) mass is 276 g/mol. The first-order chi connectivity index (χ1) is 9.47. The molecule has 2 rings (SSSR count). The van der Waals surface area contributed by atoms with Crippen molar-refractivity contribution in [2.24, 2.45) is 0 Å². The number of nitrogens with two attached hydrogens (primary N) is 1. The Balaban J connectivity index is 2.00. The lowest BCUT2D eigenvalue weighted by atomic mass is 10.2. The fourth-order valence-electron chi connectivity index (χ4n) is 1.83. The summed E-state index contributed by atoms with van der Waals surface area (Å²) in [6, 6.07) is 2.83. The number of hydrogen-bond donors (Lipinski definition) is 2. The second kappa shape index (κ2) is 5.60. The minimum absolute atomic E-state index is 0.0761. The van der Waals surface area contributed by atoms with E-state index in [9.17, 15) is 9.59 Å². The van der Waals surface area contributed by atoms with Gasteiger partial charge in [-0.1, -0.05) is 5.16 Å². The van der Waals surface area contributed by atoms with E-state index in [1.807, 2.05) is 0 Å². The van der Waals surface area contributed by atoms with Gasteiger partial charge in [-0.15, -0.1) is 0 Å². The normalized spacial score (nSPS) is 10.5. The van der Waals surface area contributed by atoms with E-state index in [1.54, 1.807) is 13.8 Å². The van der Waals surface area contributed by atoms with Gasteiger partial charge in [0.15, 0.2) is 0 Å². The van der Waals surface area contributed by atoms with Crippen LogP contribution in [-0.2, 0) is 17.9 Å². The van der Waals surface area contributed by atoms with E-state index >= 15 is 0 Å². The lowest BCUT2D eigenvalue weighted by Crippen LogP contribution is -2.31. The highest BCUT2D eigenvalue weighted by atomic mass is 16.5. The van der Waals surface area contributed by atoms with Crippen molar-refractivity contribution in [3.63, 3.8) is 0 Å². The Morgan fingerprint density at radius 1 is 1.45 bits per heavy atom. The number of carbonyl (C=O) groups is 1. The Morgan fingerprint density at radius 3 is 2.85 bits per heavy atom. The topological polar surface area (TPSA) is 103 Å². The van der Waals surface area contributed by atoms with Gasteiger partial charge in [-0.25, -0.2) is 0 Å². The smallest absolute Gasteiger partial charge is 0.251 e. The van der Waals surface area contributed by atoms with Crippen LogP contribution < -0.4 is 16.6 Å². The molecule has 0 bridgehead atoms. The summed E-state index contributed by atoms with van der Waals surface area (Å²) in [6.45, 7) is 3.83. The van der Waals surface area contributed by atoms with Crippen molar-refractivity contribution in [2.75, 3.05) is 5.73 Å². The van der Waals surface area contributed by atoms with Gasteiger partial charge in [-0.05, 0) is 19.9 Å². The molecule has 0 unspecified atom stereocenters. The number of anilines is 1. The molecule has 0 atom stereocenters. The minimum Gasteiger partial charge on any atom is -0.398 e. The molecule has 2 heterocycles. The number of rotatable bonds is 4. The average molecular weight is 276 g/mol. The van der Waals surface area contributed by atoms with E-state index in [2.05, 4.69) is 10.5 Å². The number of hydrogen-bond acceptors (Lipinski definition) is 5. The molecule has 0 saturated carbocycles. The standard InChI is InChI=1S/C13H16N4O3/c1-8-11(9(2)20-16-8)5-15-12(18)7-17-6-10(14)3-4-13(17)19/h3-4,6H,5,7,14H2,1-2H3,(H,15,18). The number of amides is 1. The van der Waals surface area contributed by atoms with E-state index < -0.39 is 0 Å². The van der Waals surface area contributed by atoms with Crippen molar-refractivity contribution in [2.45, 2.75) is 26.9 Å². The molecule has 0 radical (unpaired) electrons. The number of carbonyl (C=O) groups excluding carboxylic acids is 1. The fourth-order valence-corrected chi connectivity index (χ4v) is 1.83. The first-order valence-electron chi connectivity index (χ1n) is 6.12. The van der Waals surface area contributed by atoms with Crippen LogP contribution in [0.2, 0.25) is 0 Å². The lowest BCUT2D eigenvalue weighted by molar-refractivity contribution is -0.121. The number of aromatic nitrogens is 2. The maximum Gasteiger partial charge on any atom is 0.251 e. The van der Waals surface area contributed by atoms with Crippen molar-refractivity contribution in [1.29, 1.82) is 0 Å². The molecule has 20 heavy (non-hydrogen) atoms. The Kier molecular flexibility index (Phi) is 3.88. The molecular formula is C13H16N4O3. The molecule has 2 aromatic heterocycles. The Bertz CT molecular complexity index is 668. The second-order valence-electron chi connectivity index (χ2n) is 4.51. The maximum absolute atomic E-state index is 11.8. The summed E-state index contributed by atoms with van der Waals surface area (Å²) in [4.78, 5) is 23.4. The number of aryl methyl sites for hydroxylation is 2. The van der Waals surface area contributed by atoms with Gasteiger partial charge in [-0.2, -0.15) is 0 Å². The molecule has 7 nitrogen and oxygen atoms in total. The highest BCUT2D eigenvalue weighted by Crippen LogP contribution is 2.11. The molecule has 2 aromatic rings. The predicted octanol–water partition coefficient (Wildman–Crippen LogP) is 0.352. The quantitative estimate of drug-likeness (QED) is 0.838. The van der Waals surface area contributed by atoms with E-state index in [4.69, 9.17) is 10.3 Å². The van der Waals surface area contributed by atoms with Crippen LogP contribution in [0.25, 0.3) is 0 Å². The third-order valence-electron chi connectivity index (χ3n) is 2.96.